The third kappa shape index (κ3) is 5.03. The number of hydrogen-bond acceptors (Lipinski definition) is 2. The van der Waals surface area contributed by atoms with Crippen molar-refractivity contribution < 1.29 is 4.79 Å². The fraction of sp³-hybridized carbons (Fsp3) is 0.562. The molecule has 0 bridgehead atoms. The van der Waals surface area contributed by atoms with Gasteiger partial charge in [-0.3, -0.25) is 4.79 Å². The Morgan fingerprint density at radius 2 is 1.68 bits per heavy atom. The minimum absolute atomic E-state index is 0.0169. The molecule has 2 N–H and O–H groups in total. The highest BCUT2D eigenvalue weighted by atomic mass is 16.1. The molecule has 0 radical (unpaired) electrons. The van der Waals surface area contributed by atoms with Crippen molar-refractivity contribution in [1.82, 2.24) is 10.6 Å². The van der Waals surface area contributed by atoms with E-state index in [2.05, 4.69) is 10.6 Å². The normalized spacial score (nSPS) is 16.8. The standard InChI is InChI=1S/C16H24N2O/c19-16(14-8-4-3-5-9-14)18-13-12-17-15-10-6-1-2-7-11-15/h3-5,8-9,15,17H,1-2,6-7,10-13H2,(H,18,19). The van der Waals surface area contributed by atoms with E-state index < -0.39 is 0 Å². The van der Waals surface area contributed by atoms with Gasteiger partial charge < -0.3 is 10.6 Å². The van der Waals surface area contributed by atoms with E-state index in [0.29, 0.717) is 12.6 Å². The van der Waals surface area contributed by atoms with Crippen LogP contribution < -0.4 is 10.6 Å². The zero-order valence-electron chi connectivity index (χ0n) is 11.5. The van der Waals surface area contributed by atoms with Crippen molar-refractivity contribution >= 4 is 5.91 Å². The van der Waals surface area contributed by atoms with Crippen LogP contribution in [0.25, 0.3) is 0 Å². The fourth-order valence-electron chi connectivity index (χ4n) is 2.63. The number of benzene rings is 1. The second-order valence-electron chi connectivity index (χ2n) is 5.26. The molecule has 3 heteroatoms. The van der Waals surface area contributed by atoms with Gasteiger partial charge >= 0.3 is 0 Å². The Bertz CT molecular complexity index is 370. The second-order valence-corrected chi connectivity index (χ2v) is 5.26. The lowest BCUT2D eigenvalue weighted by Gasteiger charge is -2.16. The van der Waals surface area contributed by atoms with Gasteiger partial charge in [-0.05, 0) is 25.0 Å². The summed E-state index contributed by atoms with van der Waals surface area (Å²) in [7, 11) is 0. The maximum Gasteiger partial charge on any atom is 0.251 e. The molecule has 104 valence electrons. The van der Waals surface area contributed by atoms with Gasteiger partial charge in [-0.2, -0.15) is 0 Å². The van der Waals surface area contributed by atoms with Crippen molar-refractivity contribution in [3.8, 4) is 0 Å². The van der Waals surface area contributed by atoms with Gasteiger partial charge in [0, 0.05) is 24.7 Å². The van der Waals surface area contributed by atoms with Crippen LogP contribution in [0.2, 0.25) is 0 Å². The molecule has 2 rings (SSSR count). The molecule has 0 spiro atoms. The maximum atomic E-state index is 11.8. The van der Waals surface area contributed by atoms with Crippen molar-refractivity contribution in [2.24, 2.45) is 0 Å². The SMILES string of the molecule is O=C(NCCNC1CCCCCC1)c1ccccc1. The minimum Gasteiger partial charge on any atom is -0.351 e. The smallest absolute Gasteiger partial charge is 0.251 e. The molecule has 1 aromatic carbocycles. The molecule has 0 heterocycles. The van der Waals surface area contributed by atoms with E-state index in [1.807, 2.05) is 30.3 Å². The van der Waals surface area contributed by atoms with Gasteiger partial charge in [0.15, 0.2) is 0 Å². The first-order chi connectivity index (χ1) is 9.36. The molecule has 0 aliphatic heterocycles. The summed E-state index contributed by atoms with van der Waals surface area (Å²) in [6.45, 7) is 1.56. The highest BCUT2D eigenvalue weighted by Crippen LogP contribution is 2.16. The quantitative estimate of drug-likeness (QED) is 0.631. The molecular formula is C16H24N2O. The van der Waals surface area contributed by atoms with Gasteiger partial charge in [0.2, 0.25) is 0 Å². The lowest BCUT2D eigenvalue weighted by Crippen LogP contribution is -2.36. The fourth-order valence-corrected chi connectivity index (χ4v) is 2.63. The van der Waals surface area contributed by atoms with Gasteiger partial charge in [-0.15, -0.1) is 0 Å². The molecule has 19 heavy (non-hydrogen) atoms. The Hall–Kier alpha value is -1.35. The monoisotopic (exact) mass is 260 g/mol. The van der Waals surface area contributed by atoms with E-state index >= 15 is 0 Å². The number of carbonyl (C=O) groups excluding carboxylic acids is 1. The van der Waals surface area contributed by atoms with E-state index in [1.54, 1.807) is 0 Å². The number of nitrogens with one attached hydrogen (secondary N) is 2. The van der Waals surface area contributed by atoms with Crippen LogP contribution in [-0.2, 0) is 0 Å². The molecule has 1 aliphatic rings. The van der Waals surface area contributed by atoms with Gasteiger partial charge in [-0.1, -0.05) is 43.9 Å². The summed E-state index contributed by atoms with van der Waals surface area (Å²) in [4.78, 5) is 11.8. The average molecular weight is 260 g/mol. The van der Waals surface area contributed by atoms with E-state index in [1.165, 1.54) is 38.5 Å². The van der Waals surface area contributed by atoms with E-state index in [0.717, 1.165) is 12.1 Å². The molecule has 0 atom stereocenters. The van der Waals surface area contributed by atoms with Crippen LogP contribution in [0.15, 0.2) is 30.3 Å². The zero-order valence-corrected chi connectivity index (χ0v) is 11.5. The van der Waals surface area contributed by atoms with E-state index in [9.17, 15) is 4.79 Å². The molecule has 1 aliphatic carbocycles. The van der Waals surface area contributed by atoms with Crippen LogP contribution in [-0.4, -0.2) is 25.0 Å². The highest BCUT2D eigenvalue weighted by Gasteiger charge is 2.11. The first kappa shape index (κ1) is 14.1. The lowest BCUT2D eigenvalue weighted by atomic mass is 10.1. The number of hydrogen-bond donors (Lipinski definition) is 2. The highest BCUT2D eigenvalue weighted by molar-refractivity contribution is 5.94. The molecule has 1 saturated carbocycles. The topological polar surface area (TPSA) is 41.1 Å². The number of carbonyl (C=O) groups is 1. The molecular weight excluding hydrogens is 236 g/mol. The van der Waals surface area contributed by atoms with Crippen LogP contribution >= 0.6 is 0 Å². The Morgan fingerprint density at radius 3 is 2.37 bits per heavy atom. The van der Waals surface area contributed by atoms with Gasteiger partial charge in [0.25, 0.3) is 5.91 Å². The van der Waals surface area contributed by atoms with Crippen molar-refractivity contribution in [1.29, 1.82) is 0 Å². The van der Waals surface area contributed by atoms with Crippen LogP contribution in [0.3, 0.4) is 0 Å². The van der Waals surface area contributed by atoms with Gasteiger partial charge in [-0.25, -0.2) is 0 Å². The number of amides is 1. The summed E-state index contributed by atoms with van der Waals surface area (Å²) < 4.78 is 0. The molecule has 3 nitrogen and oxygen atoms in total. The van der Waals surface area contributed by atoms with Crippen molar-refractivity contribution in [3.05, 3.63) is 35.9 Å². The van der Waals surface area contributed by atoms with E-state index in [4.69, 9.17) is 0 Å². The number of rotatable bonds is 5. The van der Waals surface area contributed by atoms with E-state index in [-0.39, 0.29) is 5.91 Å². The molecule has 0 saturated heterocycles. The molecule has 0 unspecified atom stereocenters. The van der Waals surface area contributed by atoms with Gasteiger partial charge in [0.1, 0.15) is 0 Å². The third-order valence-electron chi connectivity index (χ3n) is 3.73. The van der Waals surface area contributed by atoms with Crippen LogP contribution in [0.5, 0.6) is 0 Å². The Balaban J connectivity index is 1.62. The Kier molecular flexibility index (Phi) is 5.89. The zero-order chi connectivity index (χ0) is 13.3. The summed E-state index contributed by atoms with van der Waals surface area (Å²) >= 11 is 0. The summed E-state index contributed by atoms with van der Waals surface area (Å²) in [6, 6.07) is 10.0. The molecule has 1 amide bonds. The Labute approximate surface area is 115 Å². The largest absolute Gasteiger partial charge is 0.351 e. The molecule has 1 fully saturated rings. The molecule has 0 aromatic heterocycles. The summed E-state index contributed by atoms with van der Waals surface area (Å²) in [5, 5.41) is 6.51. The third-order valence-corrected chi connectivity index (χ3v) is 3.73. The van der Waals surface area contributed by atoms with Crippen LogP contribution in [0, 0.1) is 0 Å². The maximum absolute atomic E-state index is 11.8. The average Bonchev–Trinajstić information content (AvgIpc) is 2.73. The van der Waals surface area contributed by atoms with Crippen molar-refractivity contribution in [3.63, 3.8) is 0 Å². The summed E-state index contributed by atoms with van der Waals surface area (Å²) in [6.07, 6.45) is 8.01. The Morgan fingerprint density at radius 1 is 1.00 bits per heavy atom. The van der Waals surface area contributed by atoms with Crippen molar-refractivity contribution in [2.75, 3.05) is 13.1 Å². The molecule has 1 aromatic rings. The van der Waals surface area contributed by atoms with Gasteiger partial charge in [0.05, 0.1) is 0 Å². The first-order valence-corrected chi connectivity index (χ1v) is 7.43. The first-order valence-electron chi connectivity index (χ1n) is 7.43. The predicted molar refractivity (Wildman–Crippen MR) is 78.3 cm³/mol. The van der Waals surface area contributed by atoms with Crippen LogP contribution in [0.1, 0.15) is 48.9 Å². The summed E-state index contributed by atoms with van der Waals surface area (Å²) in [5.74, 6) is 0.0169. The van der Waals surface area contributed by atoms with Crippen molar-refractivity contribution in [2.45, 2.75) is 44.6 Å². The predicted octanol–water partition coefficient (Wildman–Crippen LogP) is 2.73. The summed E-state index contributed by atoms with van der Waals surface area (Å²) in [5.41, 5.74) is 0.733. The minimum atomic E-state index is 0.0169. The second kappa shape index (κ2) is 7.95. The van der Waals surface area contributed by atoms with Crippen LogP contribution in [0.4, 0.5) is 0 Å². The lowest BCUT2D eigenvalue weighted by molar-refractivity contribution is 0.0953.